The quantitative estimate of drug-likeness (QED) is 0.502. The number of ether oxygens (including phenoxy) is 1. The van der Waals surface area contributed by atoms with Crippen LogP contribution in [-0.4, -0.2) is 81.1 Å². The van der Waals surface area contributed by atoms with E-state index < -0.39 is 28.7 Å². The van der Waals surface area contributed by atoms with Crippen LogP contribution in [0.2, 0.25) is 0 Å². The van der Waals surface area contributed by atoms with Crippen LogP contribution < -0.4 is 0 Å². The lowest BCUT2D eigenvalue weighted by atomic mass is 9.78. The molecule has 2 saturated heterocycles. The van der Waals surface area contributed by atoms with Crippen molar-refractivity contribution in [3.63, 3.8) is 0 Å². The maximum absolute atomic E-state index is 13.8. The molecule has 2 amide bonds. The molecular formula is C22H30N2O5S. The fourth-order valence-electron chi connectivity index (χ4n) is 5.31. The molecular weight excluding hydrogens is 404 g/mol. The molecule has 164 valence electrons. The van der Waals surface area contributed by atoms with E-state index in [4.69, 9.17) is 4.74 Å². The summed E-state index contributed by atoms with van der Waals surface area (Å²) in [7, 11) is 0. The predicted octanol–water partition coefficient (Wildman–Crippen LogP) is 1.37. The number of aliphatic hydroxyl groups is 1. The third-order valence-corrected chi connectivity index (χ3v) is 8.54. The summed E-state index contributed by atoms with van der Waals surface area (Å²) in [5, 5.41) is 9.80. The Balaban J connectivity index is 1.82. The third-order valence-electron chi connectivity index (χ3n) is 6.79. The van der Waals surface area contributed by atoms with Crippen LogP contribution in [0.1, 0.15) is 33.1 Å². The minimum absolute atomic E-state index is 0.0856. The molecule has 8 heteroatoms. The van der Waals surface area contributed by atoms with Gasteiger partial charge in [0.15, 0.2) is 0 Å². The van der Waals surface area contributed by atoms with Gasteiger partial charge in [0, 0.05) is 18.3 Å². The lowest BCUT2D eigenvalue weighted by molar-refractivity contribution is -0.152. The first kappa shape index (κ1) is 21.4. The molecule has 6 atom stereocenters. The molecule has 0 radical (unpaired) electrons. The van der Waals surface area contributed by atoms with Crippen LogP contribution in [0.3, 0.4) is 0 Å². The molecule has 30 heavy (non-hydrogen) atoms. The molecule has 4 heterocycles. The molecule has 4 aliphatic heterocycles. The largest absolute Gasteiger partial charge is 0.461 e. The minimum Gasteiger partial charge on any atom is -0.461 e. The summed E-state index contributed by atoms with van der Waals surface area (Å²) in [5.41, 5.74) is 0. The Morgan fingerprint density at radius 3 is 2.77 bits per heavy atom. The van der Waals surface area contributed by atoms with E-state index >= 15 is 0 Å². The Kier molecular flexibility index (Phi) is 5.99. The van der Waals surface area contributed by atoms with Gasteiger partial charge in [-0.3, -0.25) is 14.4 Å². The van der Waals surface area contributed by atoms with E-state index in [1.807, 2.05) is 36.1 Å². The summed E-state index contributed by atoms with van der Waals surface area (Å²) >= 11 is 1.54. The van der Waals surface area contributed by atoms with E-state index in [2.05, 4.69) is 6.92 Å². The van der Waals surface area contributed by atoms with Crippen molar-refractivity contribution in [1.29, 1.82) is 0 Å². The summed E-state index contributed by atoms with van der Waals surface area (Å²) < 4.78 is 4.53. The highest BCUT2D eigenvalue weighted by molar-refractivity contribution is 8.02. The Labute approximate surface area is 181 Å². The summed E-state index contributed by atoms with van der Waals surface area (Å²) in [5.74, 6) is -1.97. The molecule has 0 aliphatic carbocycles. The molecule has 4 aliphatic rings. The Morgan fingerprint density at radius 1 is 1.27 bits per heavy atom. The monoisotopic (exact) mass is 434 g/mol. The number of cyclic esters (lactones) is 1. The van der Waals surface area contributed by atoms with Gasteiger partial charge in [-0.2, -0.15) is 0 Å². The first-order valence-electron chi connectivity index (χ1n) is 10.9. The van der Waals surface area contributed by atoms with E-state index in [1.165, 1.54) is 11.8 Å². The van der Waals surface area contributed by atoms with E-state index in [9.17, 15) is 19.5 Å². The van der Waals surface area contributed by atoms with Gasteiger partial charge < -0.3 is 19.6 Å². The summed E-state index contributed by atoms with van der Waals surface area (Å²) in [6, 6.07) is -1.18. The number of carbonyl (C=O) groups is 3. The number of thioether (sulfide) groups is 1. The third kappa shape index (κ3) is 3.11. The Morgan fingerprint density at radius 2 is 2.07 bits per heavy atom. The highest BCUT2D eigenvalue weighted by atomic mass is 32.2. The number of aliphatic hydroxyl groups excluding tert-OH is 1. The highest BCUT2D eigenvalue weighted by Crippen LogP contribution is 2.61. The lowest BCUT2D eigenvalue weighted by Gasteiger charge is -2.38. The average Bonchev–Trinajstić information content (AvgIpc) is 3.04. The number of hydrogen-bond acceptors (Lipinski definition) is 6. The zero-order chi connectivity index (χ0) is 21.5. The molecule has 0 aromatic heterocycles. The topological polar surface area (TPSA) is 87.2 Å². The molecule has 4 rings (SSSR count). The van der Waals surface area contributed by atoms with Gasteiger partial charge in [-0.15, -0.1) is 11.8 Å². The number of amides is 2. The van der Waals surface area contributed by atoms with Crippen molar-refractivity contribution in [3.8, 4) is 0 Å². The van der Waals surface area contributed by atoms with Gasteiger partial charge in [0.05, 0.1) is 29.2 Å². The maximum atomic E-state index is 13.8. The van der Waals surface area contributed by atoms with Crippen LogP contribution in [0.4, 0.5) is 0 Å². The highest BCUT2D eigenvalue weighted by Gasteiger charge is 2.71. The van der Waals surface area contributed by atoms with Crippen LogP contribution in [0.5, 0.6) is 0 Å². The zero-order valence-corrected chi connectivity index (χ0v) is 18.3. The van der Waals surface area contributed by atoms with Crippen LogP contribution in [0.15, 0.2) is 24.3 Å². The van der Waals surface area contributed by atoms with Crippen LogP contribution in [0.25, 0.3) is 0 Å². The zero-order valence-electron chi connectivity index (χ0n) is 17.5. The van der Waals surface area contributed by atoms with Crippen molar-refractivity contribution in [1.82, 2.24) is 9.80 Å². The maximum Gasteiger partial charge on any atom is 0.311 e. The number of carbonyl (C=O) groups excluding carboxylic acids is 3. The van der Waals surface area contributed by atoms with Gasteiger partial charge >= 0.3 is 5.97 Å². The summed E-state index contributed by atoms with van der Waals surface area (Å²) in [4.78, 5) is 43.8. The van der Waals surface area contributed by atoms with E-state index in [-0.39, 0.29) is 36.2 Å². The molecule has 1 unspecified atom stereocenters. The molecule has 7 nitrogen and oxygen atoms in total. The normalized spacial score (nSPS) is 36.2. The molecule has 0 aromatic carbocycles. The van der Waals surface area contributed by atoms with Crippen LogP contribution in [-0.2, 0) is 19.1 Å². The summed E-state index contributed by atoms with van der Waals surface area (Å²) in [6.45, 7) is 5.11. The fourth-order valence-corrected chi connectivity index (χ4v) is 7.30. The summed E-state index contributed by atoms with van der Waals surface area (Å²) in [6.07, 6.45) is 10.1. The molecule has 0 bridgehead atoms. The Bertz CT molecular complexity index is 779. The van der Waals surface area contributed by atoms with Crippen molar-refractivity contribution in [3.05, 3.63) is 24.3 Å². The van der Waals surface area contributed by atoms with E-state index in [1.54, 1.807) is 4.90 Å². The first-order chi connectivity index (χ1) is 14.5. The molecule has 0 saturated carbocycles. The standard InChI is InChI=1S/C22H30N2O5S/c1-3-5-10-23-11-7-9-22-17(16-15(30-22)8-6-12-29-21(16)28)19(26)24(14(4-2)13-25)18(22)20(23)27/h6-9,14-18,25H,3-5,10-13H2,1-2H3/t14-,15+,16-,17-,18?,22-/m0/s1. The van der Waals surface area contributed by atoms with Crippen LogP contribution in [0, 0.1) is 11.8 Å². The number of unbranched alkanes of at least 4 members (excludes halogenated alkanes) is 1. The average molecular weight is 435 g/mol. The van der Waals surface area contributed by atoms with Gasteiger partial charge in [0.1, 0.15) is 12.6 Å². The van der Waals surface area contributed by atoms with Crippen molar-refractivity contribution < 1.29 is 24.2 Å². The number of esters is 1. The predicted molar refractivity (Wildman–Crippen MR) is 114 cm³/mol. The number of fused-ring (bicyclic) bond motifs is 2. The lowest BCUT2D eigenvalue weighted by Crippen LogP contribution is -2.56. The van der Waals surface area contributed by atoms with E-state index in [0.29, 0.717) is 19.5 Å². The second kappa shape index (κ2) is 8.38. The smallest absolute Gasteiger partial charge is 0.311 e. The van der Waals surface area contributed by atoms with Crippen molar-refractivity contribution >= 4 is 29.5 Å². The first-order valence-corrected chi connectivity index (χ1v) is 11.8. The molecule has 2 fully saturated rings. The van der Waals surface area contributed by atoms with Gasteiger partial charge in [0.25, 0.3) is 0 Å². The minimum atomic E-state index is -0.826. The SMILES string of the molecule is CCCCN1CC=C[C@]23S[C@@H]4C=CCOC(=O)[C@@H]4[C@H]2C(=O)N([C@@H](CC)CO)C3C1=O. The van der Waals surface area contributed by atoms with Gasteiger partial charge in [-0.25, -0.2) is 0 Å². The number of rotatable bonds is 6. The van der Waals surface area contributed by atoms with Crippen molar-refractivity contribution in [2.45, 2.75) is 55.2 Å². The van der Waals surface area contributed by atoms with Crippen molar-refractivity contribution in [2.24, 2.45) is 11.8 Å². The fraction of sp³-hybridized carbons (Fsp3) is 0.682. The van der Waals surface area contributed by atoms with Gasteiger partial charge in [0.2, 0.25) is 11.8 Å². The van der Waals surface area contributed by atoms with Crippen LogP contribution >= 0.6 is 11.8 Å². The van der Waals surface area contributed by atoms with Crippen molar-refractivity contribution in [2.75, 3.05) is 26.3 Å². The number of hydrogen-bond donors (Lipinski definition) is 1. The van der Waals surface area contributed by atoms with Gasteiger partial charge in [-0.1, -0.05) is 44.6 Å². The molecule has 1 spiro atoms. The molecule has 0 aromatic rings. The number of nitrogens with zero attached hydrogens (tertiary/aromatic N) is 2. The Hall–Kier alpha value is -1.80. The molecule has 1 N–H and O–H groups in total. The van der Waals surface area contributed by atoms with E-state index in [0.717, 1.165) is 12.8 Å². The van der Waals surface area contributed by atoms with Gasteiger partial charge in [-0.05, 0) is 12.8 Å². The second-order valence-electron chi connectivity index (χ2n) is 8.43. The number of likely N-dealkylation sites (tertiary alicyclic amines) is 1. The second-order valence-corrected chi connectivity index (χ2v) is 9.92.